The van der Waals surface area contributed by atoms with Gasteiger partial charge < -0.3 is 4.74 Å². The Bertz CT molecular complexity index is 217. The lowest BCUT2D eigenvalue weighted by Gasteiger charge is -2.06. The predicted octanol–water partition coefficient (Wildman–Crippen LogP) is 2.53. The molecule has 0 aromatic heterocycles. The lowest BCUT2D eigenvalue weighted by molar-refractivity contribution is 0.163. The lowest BCUT2D eigenvalue weighted by Crippen LogP contribution is -2.00. The van der Waals surface area contributed by atoms with Crippen molar-refractivity contribution in [3.05, 3.63) is 11.6 Å². The summed E-state index contributed by atoms with van der Waals surface area (Å²) in [6.45, 7) is 1.97. The van der Waals surface area contributed by atoms with Crippen molar-refractivity contribution in [2.75, 3.05) is 7.11 Å². The van der Waals surface area contributed by atoms with Gasteiger partial charge in [0.25, 0.3) is 0 Å². The van der Waals surface area contributed by atoms with E-state index in [4.69, 9.17) is 4.74 Å². The number of allylic oxidation sites excluding steroid dienone is 2. The van der Waals surface area contributed by atoms with Gasteiger partial charge in [-0.3, -0.25) is 0 Å². The zero-order valence-electron chi connectivity index (χ0n) is 7.89. The van der Waals surface area contributed by atoms with Crippen molar-refractivity contribution in [2.24, 2.45) is 0 Å². The van der Waals surface area contributed by atoms with Gasteiger partial charge in [0.2, 0.25) is 0 Å². The largest absolute Gasteiger partial charge is 0.369 e. The summed E-state index contributed by atoms with van der Waals surface area (Å²) < 4.78 is 5.04. The maximum absolute atomic E-state index is 5.04. The second-order valence-electron chi connectivity index (χ2n) is 3.12. The highest BCUT2D eigenvalue weighted by molar-refractivity contribution is 5.30. The summed E-state index contributed by atoms with van der Waals surface area (Å²) >= 11 is 0. The monoisotopic (exact) mass is 164 g/mol. The lowest BCUT2D eigenvalue weighted by atomic mass is 10.00. The van der Waals surface area contributed by atoms with Crippen molar-refractivity contribution >= 4 is 0 Å². The minimum atomic E-state index is 0.0628. The van der Waals surface area contributed by atoms with E-state index in [2.05, 4.69) is 17.9 Å². The maximum Gasteiger partial charge on any atom is 0.115 e. The van der Waals surface area contributed by atoms with Crippen molar-refractivity contribution in [1.82, 2.24) is 0 Å². The van der Waals surface area contributed by atoms with Crippen LogP contribution in [0.25, 0.3) is 0 Å². The Labute approximate surface area is 74.8 Å². The zero-order chi connectivity index (χ0) is 8.81. The fourth-order valence-electron chi connectivity index (χ4n) is 1.20. The van der Waals surface area contributed by atoms with Gasteiger partial charge >= 0.3 is 0 Å². The Kier molecular flexibility index (Phi) is 3.90. The minimum Gasteiger partial charge on any atom is -0.369 e. The van der Waals surface area contributed by atoms with Crippen molar-refractivity contribution in [2.45, 2.75) is 38.7 Å². The molecule has 1 atom stereocenters. The highest BCUT2D eigenvalue weighted by Gasteiger charge is 1.99. The fraction of sp³-hybridized carbons (Fsp3) is 0.636. The van der Waals surface area contributed by atoms with Crippen molar-refractivity contribution in [3.63, 3.8) is 0 Å². The highest BCUT2D eigenvalue weighted by atomic mass is 16.5. The summed E-state index contributed by atoms with van der Waals surface area (Å²) in [5.41, 5.74) is 1.30. The summed E-state index contributed by atoms with van der Waals surface area (Å²) in [5.74, 6) is 6.22. The molecule has 0 amide bonds. The standard InChI is InChI=1S/C11H16O/c1-10(12-2)8-9-11-6-4-3-5-7-11/h6,10H,3-5,7H2,1-2H3. The molecule has 1 heteroatoms. The first-order valence-electron chi connectivity index (χ1n) is 4.56. The normalized spacial score (nSPS) is 19.0. The van der Waals surface area contributed by atoms with Gasteiger partial charge in [-0.05, 0) is 38.2 Å². The van der Waals surface area contributed by atoms with Crippen LogP contribution in [0.1, 0.15) is 32.6 Å². The summed E-state index contributed by atoms with van der Waals surface area (Å²) in [6, 6.07) is 0. The molecule has 0 fully saturated rings. The highest BCUT2D eigenvalue weighted by Crippen LogP contribution is 2.16. The molecule has 1 rings (SSSR count). The third kappa shape index (κ3) is 3.11. The fourth-order valence-corrected chi connectivity index (χ4v) is 1.20. The van der Waals surface area contributed by atoms with Gasteiger partial charge in [0.1, 0.15) is 6.10 Å². The van der Waals surface area contributed by atoms with Crippen molar-refractivity contribution in [1.29, 1.82) is 0 Å². The first-order valence-corrected chi connectivity index (χ1v) is 4.56. The van der Waals surface area contributed by atoms with Crippen LogP contribution in [-0.2, 0) is 4.74 Å². The third-order valence-corrected chi connectivity index (χ3v) is 2.08. The van der Waals surface area contributed by atoms with Crippen molar-refractivity contribution < 1.29 is 4.74 Å². The molecule has 0 heterocycles. The quantitative estimate of drug-likeness (QED) is 0.541. The molecular formula is C11H16O. The molecule has 0 saturated heterocycles. The molecule has 0 spiro atoms. The average Bonchev–Trinajstić information content (AvgIpc) is 2.16. The maximum atomic E-state index is 5.04. The number of hydrogen-bond acceptors (Lipinski definition) is 1. The van der Waals surface area contributed by atoms with E-state index in [0.717, 1.165) is 6.42 Å². The van der Waals surface area contributed by atoms with Crippen LogP contribution in [0, 0.1) is 11.8 Å². The number of methoxy groups -OCH3 is 1. The second-order valence-corrected chi connectivity index (χ2v) is 3.12. The van der Waals surface area contributed by atoms with E-state index < -0.39 is 0 Å². The van der Waals surface area contributed by atoms with Gasteiger partial charge in [0.05, 0.1) is 0 Å². The van der Waals surface area contributed by atoms with E-state index in [0.29, 0.717) is 0 Å². The molecule has 1 unspecified atom stereocenters. The number of hydrogen-bond donors (Lipinski definition) is 0. The molecular weight excluding hydrogens is 148 g/mol. The topological polar surface area (TPSA) is 9.23 Å². The smallest absolute Gasteiger partial charge is 0.115 e. The summed E-state index contributed by atoms with van der Waals surface area (Å²) in [7, 11) is 1.69. The Morgan fingerprint density at radius 3 is 2.92 bits per heavy atom. The van der Waals surface area contributed by atoms with Crippen LogP contribution in [0.15, 0.2) is 11.6 Å². The van der Waals surface area contributed by atoms with E-state index in [1.807, 2.05) is 6.92 Å². The third-order valence-electron chi connectivity index (χ3n) is 2.08. The van der Waals surface area contributed by atoms with Gasteiger partial charge in [0, 0.05) is 7.11 Å². The molecule has 1 aliphatic carbocycles. The summed E-state index contributed by atoms with van der Waals surface area (Å²) in [5, 5.41) is 0. The predicted molar refractivity (Wildman–Crippen MR) is 50.8 cm³/mol. The van der Waals surface area contributed by atoms with E-state index in [1.165, 1.54) is 24.8 Å². The first kappa shape index (κ1) is 9.35. The molecule has 1 aliphatic rings. The zero-order valence-corrected chi connectivity index (χ0v) is 7.89. The van der Waals surface area contributed by atoms with Gasteiger partial charge in [-0.1, -0.05) is 17.9 Å². The van der Waals surface area contributed by atoms with Crippen LogP contribution in [0.2, 0.25) is 0 Å². The minimum absolute atomic E-state index is 0.0628. The molecule has 66 valence electrons. The van der Waals surface area contributed by atoms with Crippen molar-refractivity contribution in [3.8, 4) is 11.8 Å². The molecule has 0 saturated carbocycles. The Hall–Kier alpha value is -0.740. The van der Waals surface area contributed by atoms with Crippen LogP contribution < -0.4 is 0 Å². The van der Waals surface area contributed by atoms with E-state index in [-0.39, 0.29) is 6.10 Å². The van der Waals surface area contributed by atoms with Gasteiger partial charge in [-0.2, -0.15) is 0 Å². The average molecular weight is 164 g/mol. The van der Waals surface area contributed by atoms with Gasteiger partial charge in [0.15, 0.2) is 0 Å². The van der Waals surface area contributed by atoms with Crippen LogP contribution in [0.5, 0.6) is 0 Å². The Morgan fingerprint density at radius 2 is 2.33 bits per heavy atom. The molecule has 0 N–H and O–H groups in total. The molecule has 1 nitrogen and oxygen atoms in total. The molecule has 0 aromatic carbocycles. The second kappa shape index (κ2) is 5.00. The summed E-state index contributed by atoms with van der Waals surface area (Å²) in [4.78, 5) is 0. The van der Waals surface area contributed by atoms with E-state index >= 15 is 0 Å². The first-order chi connectivity index (χ1) is 5.83. The van der Waals surface area contributed by atoms with E-state index in [1.54, 1.807) is 7.11 Å². The van der Waals surface area contributed by atoms with Crippen LogP contribution >= 0.6 is 0 Å². The molecule has 12 heavy (non-hydrogen) atoms. The summed E-state index contributed by atoms with van der Waals surface area (Å²) in [6.07, 6.45) is 7.29. The molecule has 0 aliphatic heterocycles. The Morgan fingerprint density at radius 1 is 1.50 bits per heavy atom. The Balaban J connectivity index is 2.46. The van der Waals surface area contributed by atoms with Crippen LogP contribution in [-0.4, -0.2) is 13.2 Å². The number of ether oxygens (including phenoxy) is 1. The van der Waals surface area contributed by atoms with E-state index in [9.17, 15) is 0 Å². The molecule has 0 radical (unpaired) electrons. The van der Waals surface area contributed by atoms with Crippen LogP contribution in [0.4, 0.5) is 0 Å². The van der Waals surface area contributed by atoms with Gasteiger partial charge in [-0.25, -0.2) is 0 Å². The molecule has 0 bridgehead atoms. The number of rotatable bonds is 1. The van der Waals surface area contributed by atoms with Crippen LogP contribution in [0.3, 0.4) is 0 Å². The SMILES string of the molecule is COC(C)C#CC1=CCCCC1. The van der Waals surface area contributed by atoms with Gasteiger partial charge in [-0.15, -0.1) is 0 Å². The molecule has 0 aromatic rings.